The van der Waals surface area contributed by atoms with E-state index in [0.29, 0.717) is 12.1 Å². The van der Waals surface area contributed by atoms with Crippen LogP contribution < -0.4 is 4.90 Å². The number of aliphatic carboxylic acids is 1. The molecule has 1 aliphatic rings. The topological polar surface area (TPSA) is 94.9 Å². The average molecular weight is 377 g/mol. The molecule has 1 heterocycles. The van der Waals surface area contributed by atoms with E-state index in [1.807, 2.05) is 13.8 Å². The molecule has 1 saturated heterocycles. The van der Waals surface area contributed by atoms with Crippen LogP contribution in [0.3, 0.4) is 0 Å². The molecule has 7 heteroatoms. The fraction of sp³-hybridized carbons (Fsp3) is 0.450. The lowest BCUT2D eigenvalue weighted by Gasteiger charge is -2.27. The van der Waals surface area contributed by atoms with Gasteiger partial charge >= 0.3 is 5.97 Å². The maximum atomic E-state index is 13.2. The lowest BCUT2D eigenvalue weighted by molar-refractivity contribution is -0.139. The predicted molar refractivity (Wildman–Crippen MR) is 97.6 cm³/mol. The zero-order chi connectivity index (χ0) is 20.1. The van der Waals surface area contributed by atoms with Crippen molar-refractivity contribution in [3.8, 4) is 0 Å². The van der Waals surface area contributed by atoms with Crippen LogP contribution >= 0.6 is 0 Å². The fourth-order valence-electron chi connectivity index (χ4n) is 3.34. The summed E-state index contributed by atoms with van der Waals surface area (Å²) in [6, 6.07) is 5.23. The first-order valence-electron chi connectivity index (χ1n) is 8.87. The Bertz CT molecular complexity index is 728. The van der Waals surface area contributed by atoms with Crippen molar-refractivity contribution in [3.63, 3.8) is 0 Å². The number of hydrogen-bond donors (Lipinski definition) is 2. The minimum atomic E-state index is -1.25. The van der Waals surface area contributed by atoms with E-state index in [2.05, 4.69) is 0 Å². The van der Waals surface area contributed by atoms with Crippen LogP contribution in [0, 0.1) is 17.7 Å². The van der Waals surface area contributed by atoms with Crippen LogP contribution in [-0.4, -0.2) is 40.0 Å². The van der Waals surface area contributed by atoms with Crippen LogP contribution in [0.15, 0.2) is 36.4 Å². The van der Waals surface area contributed by atoms with Crippen molar-refractivity contribution in [2.45, 2.75) is 45.3 Å². The van der Waals surface area contributed by atoms with Gasteiger partial charge in [0.1, 0.15) is 5.82 Å². The zero-order valence-electron chi connectivity index (χ0n) is 15.3. The molecule has 0 bridgehead atoms. The van der Waals surface area contributed by atoms with Crippen molar-refractivity contribution < 1.29 is 29.0 Å². The zero-order valence-corrected chi connectivity index (χ0v) is 15.3. The number of carbonyl (C=O) groups is 3. The van der Waals surface area contributed by atoms with Crippen molar-refractivity contribution in [3.05, 3.63) is 42.2 Å². The molecule has 0 aromatic heterocycles. The number of carboxylic acids is 1. The van der Waals surface area contributed by atoms with Crippen molar-refractivity contribution in [1.29, 1.82) is 0 Å². The summed E-state index contributed by atoms with van der Waals surface area (Å²) >= 11 is 0. The van der Waals surface area contributed by atoms with Gasteiger partial charge in [0.05, 0.1) is 18.6 Å². The van der Waals surface area contributed by atoms with Gasteiger partial charge in [-0.15, -0.1) is 0 Å². The SMILES string of the molecule is CC(C)[C@H]1CC(=O)N(c2ccc(F)cc2)[C@@H]1/C=C/C(=O)C[C@@H](O)CC(=O)O. The molecule has 1 fully saturated rings. The third-order valence-electron chi connectivity index (χ3n) is 4.70. The number of halogens is 1. The number of amides is 1. The van der Waals surface area contributed by atoms with E-state index in [0.717, 1.165) is 0 Å². The van der Waals surface area contributed by atoms with Gasteiger partial charge < -0.3 is 15.1 Å². The van der Waals surface area contributed by atoms with E-state index in [1.54, 1.807) is 11.0 Å². The molecule has 1 amide bonds. The minimum Gasteiger partial charge on any atom is -0.481 e. The molecule has 0 unspecified atom stereocenters. The van der Waals surface area contributed by atoms with Gasteiger partial charge in [-0.1, -0.05) is 19.9 Å². The highest BCUT2D eigenvalue weighted by atomic mass is 19.1. The Morgan fingerprint density at radius 3 is 2.44 bits per heavy atom. The molecule has 2 N–H and O–H groups in total. The number of ketones is 1. The molecule has 146 valence electrons. The molecule has 0 spiro atoms. The Labute approximate surface area is 157 Å². The number of carboxylic acid groups (broad SMARTS) is 1. The Morgan fingerprint density at radius 2 is 1.89 bits per heavy atom. The van der Waals surface area contributed by atoms with E-state index in [1.165, 1.54) is 30.3 Å². The first-order valence-corrected chi connectivity index (χ1v) is 8.87. The monoisotopic (exact) mass is 377 g/mol. The number of hydrogen-bond acceptors (Lipinski definition) is 4. The molecule has 0 saturated carbocycles. The van der Waals surface area contributed by atoms with Gasteiger partial charge in [-0.3, -0.25) is 14.4 Å². The first-order chi connectivity index (χ1) is 12.7. The van der Waals surface area contributed by atoms with Crippen molar-refractivity contribution in [2.24, 2.45) is 11.8 Å². The second-order valence-electron chi connectivity index (χ2n) is 7.12. The number of aliphatic hydroxyl groups is 1. The van der Waals surface area contributed by atoms with Gasteiger partial charge in [0.25, 0.3) is 0 Å². The van der Waals surface area contributed by atoms with E-state index in [-0.39, 0.29) is 30.2 Å². The molecule has 6 nitrogen and oxygen atoms in total. The molecular weight excluding hydrogens is 353 g/mol. The molecule has 3 atom stereocenters. The van der Waals surface area contributed by atoms with E-state index in [4.69, 9.17) is 5.11 Å². The average Bonchev–Trinajstić information content (AvgIpc) is 2.89. The number of anilines is 1. The summed E-state index contributed by atoms with van der Waals surface area (Å²) in [4.78, 5) is 36.7. The molecule has 0 aliphatic carbocycles. The Balaban J connectivity index is 2.19. The fourth-order valence-corrected chi connectivity index (χ4v) is 3.34. The third kappa shape index (κ3) is 5.47. The van der Waals surface area contributed by atoms with Crippen molar-refractivity contribution in [2.75, 3.05) is 4.90 Å². The van der Waals surface area contributed by atoms with Crippen LogP contribution in [0.5, 0.6) is 0 Å². The maximum Gasteiger partial charge on any atom is 0.305 e. The maximum absolute atomic E-state index is 13.2. The number of aliphatic hydroxyl groups excluding tert-OH is 1. The van der Waals surface area contributed by atoms with Gasteiger partial charge in [-0.25, -0.2) is 4.39 Å². The normalized spacial score (nSPS) is 21.2. The molecule has 1 aromatic rings. The molecule has 0 radical (unpaired) electrons. The molecule has 27 heavy (non-hydrogen) atoms. The van der Waals surface area contributed by atoms with E-state index in [9.17, 15) is 23.9 Å². The summed E-state index contributed by atoms with van der Waals surface area (Å²) in [6.07, 6.45) is 1.18. The van der Waals surface area contributed by atoms with Crippen molar-refractivity contribution >= 4 is 23.3 Å². The number of benzene rings is 1. The summed E-state index contributed by atoms with van der Waals surface area (Å²) in [7, 11) is 0. The largest absolute Gasteiger partial charge is 0.481 e. The number of rotatable bonds is 8. The number of allylic oxidation sites excluding steroid dienone is 1. The predicted octanol–water partition coefficient (Wildman–Crippen LogP) is 2.55. The highest BCUT2D eigenvalue weighted by molar-refractivity contribution is 5.98. The molecule has 1 aromatic carbocycles. The lowest BCUT2D eigenvalue weighted by atomic mass is 9.88. The van der Waals surface area contributed by atoms with E-state index < -0.39 is 30.1 Å². The quantitative estimate of drug-likeness (QED) is 0.679. The smallest absolute Gasteiger partial charge is 0.305 e. The second-order valence-corrected chi connectivity index (χ2v) is 7.12. The Kier molecular flexibility index (Phi) is 6.85. The third-order valence-corrected chi connectivity index (χ3v) is 4.70. The number of nitrogens with zero attached hydrogens (tertiary/aromatic N) is 1. The van der Waals surface area contributed by atoms with Crippen LogP contribution in [0.2, 0.25) is 0 Å². The highest BCUT2D eigenvalue weighted by Gasteiger charge is 2.40. The standard InChI is InChI=1S/C20H24FNO5/c1-12(2)17-11-19(25)22(14-5-3-13(21)4-6-14)18(17)8-7-15(23)9-16(24)10-20(26)27/h3-8,12,16-18,24H,9-11H2,1-2H3,(H,26,27)/b8-7+/t16-,17-,18-/m1/s1. The minimum absolute atomic E-state index is 0.0180. The molecular formula is C20H24FNO5. The highest BCUT2D eigenvalue weighted by Crippen LogP contribution is 2.36. The molecule has 2 rings (SSSR count). The van der Waals surface area contributed by atoms with Crippen LogP contribution in [-0.2, 0) is 14.4 Å². The Morgan fingerprint density at radius 1 is 1.26 bits per heavy atom. The second kappa shape index (κ2) is 8.90. The summed E-state index contributed by atoms with van der Waals surface area (Å²) < 4.78 is 13.2. The van der Waals surface area contributed by atoms with Gasteiger partial charge in [0, 0.05) is 18.5 Å². The lowest BCUT2D eigenvalue weighted by Crippen LogP contribution is -2.35. The van der Waals surface area contributed by atoms with Crippen LogP contribution in [0.25, 0.3) is 0 Å². The summed E-state index contributed by atoms with van der Waals surface area (Å²) in [5.41, 5.74) is 0.553. The molecule has 1 aliphatic heterocycles. The van der Waals surface area contributed by atoms with E-state index >= 15 is 0 Å². The first kappa shape index (κ1) is 20.8. The van der Waals surface area contributed by atoms with Gasteiger partial charge in [0.15, 0.2) is 5.78 Å². The van der Waals surface area contributed by atoms with Crippen LogP contribution in [0.1, 0.15) is 33.1 Å². The van der Waals surface area contributed by atoms with Gasteiger partial charge in [-0.05, 0) is 42.2 Å². The summed E-state index contributed by atoms with van der Waals surface area (Å²) in [6.45, 7) is 3.98. The summed E-state index contributed by atoms with van der Waals surface area (Å²) in [5, 5.41) is 18.2. The van der Waals surface area contributed by atoms with Crippen molar-refractivity contribution in [1.82, 2.24) is 0 Å². The summed E-state index contributed by atoms with van der Waals surface area (Å²) in [5.74, 6) is -1.93. The van der Waals surface area contributed by atoms with Gasteiger partial charge in [-0.2, -0.15) is 0 Å². The number of carbonyl (C=O) groups excluding carboxylic acids is 2. The van der Waals surface area contributed by atoms with Gasteiger partial charge in [0.2, 0.25) is 5.91 Å². The Hall–Kier alpha value is -2.54. The van der Waals surface area contributed by atoms with Crippen LogP contribution in [0.4, 0.5) is 10.1 Å².